The molecule has 4 nitrogen and oxygen atoms in total. The number of hydrogen-bond donors (Lipinski definition) is 0. The third-order valence-corrected chi connectivity index (χ3v) is 5.77. The van der Waals surface area contributed by atoms with Gasteiger partial charge in [-0.2, -0.15) is 17.6 Å². The normalized spacial score (nSPS) is 11.8. The van der Waals surface area contributed by atoms with Crippen molar-refractivity contribution in [1.82, 2.24) is 0 Å². The van der Waals surface area contributed by atoms with E-state index in [1.54, 1.807) is 0 Å². The molecule has 8 heteroatoms. The molecule has 0 aliphatic heterocycles. The molecule has 34 heavy (non-hydrogen) atoms. The molecule has 0 saturated carbocycles. The molecule has 2 heterocycles. The fourth-order valence-electron chi connectivity index (χ4n) is 3.82. The predicted octanol–water partition coefficient (Wildman–Crippen LogP) is 5.96. The van der Waals surface area contributed by atoms with E-state index in [0.717, 1.165) is 0 Å². The smallest absolute Gasteiger partial charge is 0.485 e. The number of benzene rings is 3. The van der Waals surface area contributed by atoms with Gasteiger partial charge in [-0.3, -0.25) is 0 Å². The highest BCUT2D eigenvalue weighted by molar-refractivity contribution is 7.86. The Labute approximate surface area is 194 Å². The van der Waals surface area contributed by atoms with Gasteiger partial charge in [-0.1, -0.05) is 72.8 Å². The number of aromatic nitrogens is 1. The van der Waals surface area contributed by atoms with Crippen molar-refractivity contribution < 1.29 is 30.5 Å². The first kappa shape index (κ1) is 23.4. The van der Waals surface area contributed by atoms with E-state index >= 15 is 0 Å². The number of hydrogen-bond acceptors (Lipinski definition) is 3. The molecule has 0 amide bonds. The maximum Gasteiger partial charge on any atom is 0.485 e. The molecule has 172 valence electrons. The Hall–Kier alpha value is -3.75. The molecular formula is C26H18F3NO3S. The van der Waals surface area contributed by atoms with E-state index in [9.17, 15) is 13.2 Å². The van der Waals surface area contributed by atoms with Crippen molar-refractivity contribution in [3.8, 4) is 22.3 Å². The molecule has 0 saturated heterocycles. The summed E-state index contributed by atoms with van der Waals surface area (Å²) in [5.74, 6) is 0. The van der Waals surface area contributed by atoms with E-state index in [0.29, 0.717) is 0 Å². The number of nitrogens with zero attached hydrogens (tertiary/aromatic N) is 1. The topological polar surface area (TPSA) is 61.3 Å². The molecular weight excluding hydrogens is 463 g/mol. The van der Waals surface area contributed by atoms with Gasteiger partial charge < -0.3 is 4.55 Å². The third kappa shape index (κ3) is 4.64. The summed E-state index contributed by atoms with van der Waals surface area (Å²) in [5, 5.41) is 1.27. The Bertz CT molecular complexity index is 1450. The quantitative estimate of drug-likeness (QED) is 0.135. The molecule has 0 aliphatic carbocycles. The predicted molar refractivity (Wildman–Crippen MR) is 124 cm³/mol. The second kappa shape index (κ2) is 9.24. The first-order valence-corrected chi connectivity index (χ1v) is 11.6. The Morgan fingerprint density at radius 2 is 1.06 bits per heavy atom. The van der Waals surface area contributed by atoms with Gasteiger partial charge in [-0.15, -0.1) is 0 Å². The first-order chi connectivity index (χ1) is 16.2. The minimum Gasteiger partial charge on any atom is -0.741 e. The van der Waals surface area contributed by atoms with Crippen LogP contribution >= 0.6 is 0 Å². The molecule has 5 aromatic rings. The molecule has 0 radical (unpaired) electrons. The van der Waals surface area contributed by atoms with Crippen LogP contribution in [-0.4, -0.2) is 18.5 Å². The lowest BCUT2D eigenvalue weighted by Gasteiger charge is -2.13. The molecule has 5 rings (SSSR count). The highest BCUT2D eigenvalue weighted by Gasteiger charge is 2.36. The number of pyridine rings is 2. The average Bonchev–Trinajstić information content (AvgIpc) is 2.83. The lowest BCUT2D eigenvalue weighted by Crippen LogP contribution is -2.23. The van der Waals surface area contributed by atoms with Gasteiger partial charge in [0.1, 0.15) is 0 Å². The van der Waals surface area contributed by atoms with Crippen LogP contribution in [0.3, 0.4) is 0 Å². The number of alkyl halides is 3. The number of rotatable bonds is 2. The van der Waals surface area contributed by atoms with Crippen LogP contribution < -0.4 is 4.40 Å². The van der Waals surface area contributed by atoms with Crippen molar-refractivity contribution in [2.75, 3.05) is 0 Å². The lowest BCUT2D eigenvalue weighted by atomic mass is 9.90. The van der Waals surface area contributed by atoms with E-state index in [-0.39, 0.29) is 0 Å². The van der Waals surface area contributed by atoms with Crippen molar-refractivity contribution in [2.24, 2.45) is 0 Å². The SMILES string of the molecule is O=S(=O)([O-])C(F)(F)F.c1ccc(-c2c(-c3ccccc3)c3cccc[n+]3c3ccccc23)cc1. The van der Waals surface area contributed by atoms with Gasteiger partial charge in [0.15, 0.2) is 16.3 Å². The van der Waals surface area contributed by atoms with E-state index in [1.807, 2.05) is 0 Å². The maximum absolute atomic E-state index is 10.7. The standard InChI is InChI=1S/C25H18N.CHF3O3S/c1-3-11-19(12-4-1)24-21-15-7-8-16-22(21)26-18-10-9-17-23(26)25(24)20-13-5-2-6-14-20;2-1(3,4)8(5,6)7/h1-18H;(H,5,6,7)/q+1;/p-1. The van der Waals surface area contributed by atoms with Crippen LogP contribution in [0.4, 0.5) is 13.2 Å². The summed E-state index contributed by atoms with van der Waals surface area (Å²) in [6.45, 7) is 0. The van der Waals surface area contributed by atoms with Crippen LogP contribution in [0.25, 0.3) is 38.7 Å². The van der Waals surface area contributed by atoms with E-state index in [1.165, 1.54) is 38.7 Å². The van der Waals surface area contributed by atoms with Gasteiger partial charge in [0.05, 0.1) is 10.9 Å². The van der Waals surface area contributed by atoms with Gasteiger partial charge in [-0.25, -0.2) is 8.42 Å². The fourth-order valence-corrected chi connectivity index (χ4v) is 3.82. The molecule has 0 unspecified atom stereocenters. The molecule has 0 fully saturated rings. The summed E-state index contributed by atoms with van der Waals surface area (Å²) in [4.78, 5) is 0. The molecule has 2 aromatic heterocycles. The molecule has 0 aliphatic rings. The van der Waals surface area contributed by atoms with Gasteiger partial charge >= 0.3 is 5.51 Å². The van der Waals surface area contributed by atoms with E-state index in [4.69, 9.17) is 13.0 Å². The number of fused-ring (bicyclic) bond motifs is 3. The average molecular weight is 481 g/mol. The van der Waals surface area contributed by atoms with Gasteiger partial charge in [0.2, 0.25) is 11.0 Å². The van der Waals surface area contributed by atoms with Crippen molar-refractivity contribution in [1.29, 1.82) is 0 Å². The molecule has 0 N–H and O–H groups in total. The summed E-state index contributed by atoms with van der Waals surface area (Å²) in [7, 11) is -6.09. The zero-order chi connectivity index (χ0) is 24.3. The molecule has 3 aromatic carbocycles. The Morgan fingerprint density at radius 1 is 0.618 bits per heavy atom. The van der Waals surface area contributed by atoms with Crippen LogP contribution in [0, 0.1) is 0 Å². The lowest BCUT2D eigenvalue weighted by molar-refractivity contribution is -0.481. The largest absolute Gasteiger partial charge is 0.741 e. The second-order valence-electron chi connectivity index (χ2n) is 7.35. The van der Waals surface area contributed by atoms with Gasteiger partial charge in [0.25, 0.3) is 0 Å². The summed E-state index contributed by atoms with van der Waals surface area (Å²) in [6.07, 6.45) is 2.15. The zero-order valence-corrected chi connectivity index (χ0v) is 18.4. The number of para-hydroxylation sites is 1. The fraction of sp³-hybridized carbons (Fsp3) is 0.0385. The molecule has 0 spiro atoms. The molecule has 0 bridgehead atoms. The monoisotopic (exact) mass is 481 g/mol. The highest BCUT2D eigenvalue weighted by atomic mass is 32.2. The van der Waals surface area contributed by atoms with Crippen molar-refractivity contribution in [2.45, 2.75) is 5.51 Å². The van der Waals surface area contributed by atoms with Crippen molar-refractivity contribution >= 4 is 26.5 Å². The second-order valence-corrected chi connectivity index (χ2v) is 8.73. The van der Waals surface area contributed by atoms with Crippen LogP contribution in [-0.2, 0) is 10.1 Å². The van der Waals surface area contributed by atoms with Crippen molar-refractivity contribution in [3.63, 3.8) is 0 Å². The first-order valence-electron chi connectivity index (χ1n) is 10.2. The zero-order valence-electron chi connectivity index (χ0n) is 17.6. The Balaban J connectivity index is 0.000000297. The minimum absolute atomic E-state index is 1.22. The van der Waals surface area contributed by atoms with Gasteiger partial charge in [-0.05, 0) is 23.3 Å². The molecule has 0 atom stereocenters. The van der Waals surface area contributed by atoms with Crippen LogP contribution in [0.15, 0.2) is 109 Å². The maximum atomic E-state index is 10.7. The van der Waals surface area contributed by atoms with E-state index in [2.05, 4.69) is 114 Å². The van der Waals surface area contributed by atoms with E-state index < -0.39 is 15.6 Å². The minimum atomic E-state index is -6.09. The number of halogens is 3. The van der Waals surface area contributed by atoms with Gasteiger partial charge in [0, 0.05) is 23.8 Å². The Kier molecular flexibility index (Phi) is 6.37. The van der Waals surface area contributed by atoms with Crippen LogP contribution in [0.1, 0.15) is 0 Å². The summed E-state index contributed by atoms with van der Waals surface area (Å²) >= 11 is 0. The third-order valence-electron chi connectivity index (χ3n) is 5.21. The summed E-state index contributed by atoms with van der Waals surface area (Å²) in [5.41, 5.74) is 1.84. The van der Waals surface area contributed by atoms with Crippen molar-refractivity contribution in [3.05, 3.63) is 109 Å². The highest BCUT2D eigenvalue weighted by Crippen LogP contribution is 2.39. The Morgan fingerprint density at radius 3 is 1.62 bits per heavy atom. The van der Waals surface area contributed by atoms with Crippen LogP contribution in [0.2, 0.25) is 0 Å². The summed E-state index contributed by atoms with van der Waals surface area (Å²) in [6, 6.07) is 36.5. The van der Waals surface area contributed by atoms with Crippen LogP contribution in [0.5, 0.6) is 0 Å². The summed E-state index contributed by atoms with van der Waals surface area (Å²) < 4.78 is 61.2.